The number of tetrazole rings is 1. The molecule has 1 atom stereocenters. The van der Waals surface area contributed by atoms with Crippen LogP contribution in [0.3, 0.4) is 0 Å². The molecule has 0 bridgehead atoms. The maximum Gasteiger partial charge on any atom is 0.244 e. The van der Waals surface area contributed by atoms with Crippen molar-refractivity contribution in [3.05, 3.63) is 0 Å². The number of anilines is 1. The second kappa shape index (κ2) is 5.43. The molecule has 7 heteroatoms. The van der Waals surface area contributed by atoms with Gasteiger partial charge in [-0.1, -0.05) is 5.10 Å². The van der Waals surface area contributed by atoms with E-state index in [0.717, 1.165) is 0 Å². The lowest BCUT2D eigenvalue weighted by Crippen LogP contribution is -2.41. The van der Waals surface area contributed by atoms with E-state index in [0.29, 0.717) is 19.0 Å². The molecule has 0 aliphatic carbocycles. The second-order valence-corrected chi connectivity index (χ2v) is 3.50. The van der Waals surface area contributed by atoms with E-state index in [4.69, 9.17) is 0 Å². The first-order valence-corrected chi connectivity index (χ1v) is 5.37. The van der Waals surface area contributed by atoms with Crippen LogP contribution in [0.5, 0.6) is 0 Å². The van der Waals surface area contributed by atoms with E-state index in [1.807, 2.05) is 13.8 Å². The topological polar surface area (TPSA) is 75.9 Å². The summed E-state index contributed by atoms with van der Waals surface area (Å²) in [5.41, 5.74) is 0. The highest BCUT2D eigenvalue weighted by Crippen LogP contribution is 2.02. The minimum atomic E-state index is -0.329. The molecular weight excluding hydrogens is 208 g/mol. The first-order chi connectivity index (χ1) is 7.60. The molecule has 1 N–H and O–H groups in total. The Hall–Kier alpha value is -1.66. The summed E-state index contributed by atoms with van der Waals surface area (Å²) in [4.78, 5) is 13.7. The average molecular weight is 226 g/mol. The number of aryl methyl sites for hydroxylation is 1. The van der Waals surface area contributed by atoms with Gasteiger partial charge in [-0.3, -0.25) is 4.79 Å². The molecular formula is C9H18N6O. The minimum absolute atomic E-state index is 0.0491. The van der Waals surface area contributed by atoms with Crippen LogP contribution in [0.25, 0.3) is 0 Å². The molecule has 1 aromatic heterocycles. The Morgan fingerprint density at radius 1 is 1.50 bits per heavy atom. The second-order valence-electron chi connectivity index (χ2n) is 3.50. The van der Waals surface area contributed by atoms with Crippen molar-refractivity contribution in [3.8, 4) is 0 Å². The van der Waals surface area contributed by atoms with Gasteiger partial charge in [-0.05, 0) is 31.2 Å². The molecule has 16 heavy (non-hydrogen) atoms. The summed E-state index contributed by atoms with van der Waals surface area (Å²) in [6.07, 6.45) is 0. The maximum absolute atomic E-state index is 11.9. The summed E-state index contributed by atoms with van der Waals surface area (Å²) in [6.45, 7) is 7.13. The van der Waals surface area contributed by atoms with Gasteiger partial charge in [0, 0.05) is 20.1 Å². The van der Waals surface area contributed by atoms with Crippen molar-refractivity contribution in [2.24, 2.45) is 7.05 Å². The van der Waals surface area contributed by atoms with Gasteiger partial charge in [-0.15, -0.1) is 0 Å². The lowest BCUT2D eigenvalue weighted by atomic mass is 10.3. The Morgan fingerprint density at radius 2 is 2.12 bits per heavy atom. The third kappa shape index (κ3) is 2.68. The first kappa shape index (κ1) is 12.4. The number of carbonyl (C=O) groups excluding carboxylic acids is 1. The SMILES string of the molecule is CCN(CC)C(=O)C(C)Nc1nnnn1C. The van der Waals surface area contributed by atoms with Crippen LogP contribution in [0.2, 0.25) is 0 Å². The zero-order chi connectivity index (χ0) is 12.1. The number of nitrogens with zero attached hydrogens (tertiary/aromatic N) is 5. The zero-order valence-electron chi connectivity index (χ0n) is 10.1. The smallest absolute Gasteiger partial charge is 0.244 e. The predicted molar refractivity (Wildman–Crippen MR) is 59.8 cm³/mol. The molecule has 90 valence electrons. The van der Waals surface area contributed by atoms with E-state index in [2.05, 4.69) is 20.8 Å². The Kier molecular flexibility index (Phi) is 4.21. The summed E-state index contributed by atoms with van der Waals surface area (Å²) in [7, 11) is 1.72. The molecule has 1 aromatic rings. The highest BCUT2D eigenvalue weighted by molar-refractivity contribution is 5.83. The molecule has 0 radical (unpaired) electrons. The van der Waals surface area contributed by atoms with Crippen LogP contribution in [0.4, 0.5) is 5.95 Å². The third-order valence-corrected chi connectivity index (χ3v) is 2.41. The summed E-state index contributed by atoms with van der Waals surface area (Å²) in [5, 5.41) is 13.9. The third-order valence-electron chi connectivity index (χ3n) is 2.41. The van der Waals surface area contributed by atoms with E-state index in [9.17, 15) is 4.79 Å². The monoisotopic (exact) mass is 226 g/mol. The van der Waals surface area contributed by atoms with Gasteiger partial charge in [0.2, 0.25) is 11.9 Å². The number of nitrogens with one attached hydrogen (secondary N) is 1. The van der Waals surface area contributed by atoms with Crippen LogP contribution >= 0.6 is 0 Å². The van der Waals surface area contributed by atoms with Gasteiger partial charge in [0.1, 0.15) is 6.04 Å². The molecule has 0 aliphatic rings. The fraction of sp³-hybridized carbons (Fsp3) is 0.778. The molecule has 0 spiro atoms. The number of aromatic nitrogens is 4. The summed E-state index contributed by atoms with van der Waals surface area (Å²) in [5.74, 6) is 0.543. The molecule has 0 saturated heterocycles. The zero-order valence-corrected chi connectivity index (χ0v) is 10.1. The van der Waals surface area contributed by atoms with Crippen LogP contribution in [0.1, 0.15) is 20.8 Å². The van der Waals surface area contributed by atoms with Gasteiger partial charge in [-0.2, -0.15) is 0 Å². The van der Waals surface area contributed by atoms with Gasteiger partial charge in [-0.25, -0.2) is 4.68 Å². The Morgan fingerprint density at radius 3 is 2.56 bits per heavy atom. The Balaban J connectivity index is 2.62. The van der Waals surface area contributed by atoms with Crippen LogP contribution in [0, 0.1) is 0 Å². The number of rotatable bonds is 5. The number of hydrogen-bond donors (Lipinski definition) is 1. The van der Waals surface area contributed by atoms with Gasteiger partial charge in [0.25, 0.3) is 0 Å². The lowest BCUT2D eigenvalue weighted by Gasteiger charge is -2.23. The van der Waals surface area contributed by atoms with Crippen molar-refractivity contribution in [3.63, 3.8) is 0 Å². The molecule has 1 unspecified atom stereocenters. The van der Waals surface area contributed by atoms with Crippen molar-refractivity contribution >= 4 is 11.9 Å². The van der Waals surface area contributed by atoms with Gasteiger partial charge in [0.05, 0.1) is 0 Å². The number of carbonyl (C=O) groups is 1. The highest BCUT2D eigenvalue weighted by atomic mass is 16.2. The Bertz CT molecular complexity index is 346. The summed E-state index contributed by atoms with van der Waals surface area (Å²) in [6, 6.07) is -0.329. The number of amides is 1. The van der Waals surface area contributed by atoms with Crippen molar-refractivity contribution in [1.82, 2.24) is 25.1 Å². The molecule has 0 saturated carbocycles. The quantitative estimate of drug-likeness (QED) is 0.757. The van der Waals surface area contributed by atoms with Crippen LogP contribution in [-0.2, 0) is 11.8 Å². The molecule has 7 nitrogen and oxygen atoms in total. The standard InChI is InChI=1S/C9H18N6O/c1-5-15(6-2)8(16)7(3)10-9-11-12-13-14(9)4/h7H,5-6H2,1-4H3,(H,10,11,13). The van der Waals surface area contributed by atoms with E-state index in [-0.39, 0.29) is 11.9 Å². The fourth-order valence-corrected chi connectivity index (χ4v) is 1.42. The lowest BCUT2D eigenvalue weighted by molar-refractivity contribution is -0.131. The van der Waals surface area contributed by atoms with Crippen LogP contribution in [0.15, 0.2) is 0 Å². The van der Waals surface area contributed by atoms with Crippen molar-refractivity contribution in [2.45, 2.75) is 26.8 Å². The van der Waals surface area contributed by atoms with Crippen molar-refractivity contribution in [2.75, 3.05) is 18.4 Å². The number of hydrogen-bond acceptors (Lipinski definition) is 5. The van der Waals surface area contributed by atoms with Crippen LogP contribution in [-0.4, -0.2) is 50.1 Å². The van der Waals surface area contributed by atoms with E-state index >= 15 is 0 Å². The van der Waals surface area contributed by atoms with Gasteiger partial charge in [0.15, 0.2) is 0 Å². The Labute approximate surface area is 94.8 Å². The van der Waals surface area contributed by atoms with Gasteiger partial charge >= 0.3 is 0 Å². The van der Waals surface area contributed by atoms with Crippen molar-refractivity contribution < 1.29 is 4.79 Å². The van der Waals surface area contributed by atoms with Crippen LogP contribution < -0.4 is 5.32 Å². The fourth-order valence-electron chi connectivity index (χ4n) is 1.42. The molecule has 0 aliphatic heterocycles. The molecule has 1 rings (SSSR count). The number of likely N-dealkylation sites (N-methyl/N-ethyl adjacent to an activating group) is 1. The first-order valence-electron chi connectivity index (χ1n) is 5.37. The average Bonchev–Trinajstić information content (AvgIpc) is 2.66. The molecule has 1 heterocycles. The summed E-state index contributed by atoms with van der Waals surface area (Å²) >= 11 is 0. The highest BCUT2D eigenvalue weighted by Gasteiger charge is 2.19. The van der Waals surface area contributed by atoms with E-state index < -0.39 is 0 Å². The summed E-state index contributed by atoms with van der Waals surface area (Å²) < 4.78 is 1.49. The van der Waals surface area contributed by atoms with E-state index in [1.165, 1.54) is 4.68 Å². The molecule has 0 aromatic carbocycles. The minimum Gasteiger partial charge on any atom is -0.342 e. The molecule has 1 amide bonds. The largest absolute Gasteiger partial charge is 0.342 e. The predicted octanol–water partition coefficient (Wildman–Crippen LogP) is -0.121. The van der Waals surface area contributed by atoms with Gasteiger partial charge < -0.3 is 10.2 Å². The van der Waals surface area contributed by atoms with E-state index in [1.54, 1.807) is 18.9 Å². The normalized spacial score (nSPS) is 12.2. The molecule has 0 fully saturated rings. The van der Waals surface area contributed by atoms with Crippen molar-refractivity contribution in [1.29, 1.82) is 0 Å². The maximum atomic E-state index is 11.9.